The molecule has 0 unspecified atom stereocenters. The predicted molar refractivity (Wildman–Crippen MR) is 194 cm³/mol. The first-order chi connectivity index (χ1) is 23.1. The fourth-order valence-electron chi connectivity index (χ4n) is 8.01. The van der Waals surface area contributed by atoms with Gasteiger partial charge in [0.1, 0.15) is 0 Å². The Hall–Kier alpha value is -6.00. The number of aromatic nitrogens is 4. The fourth-order valence-corrected chi connectivity index (χ4v) is 8.01. The standard InChI is InChI=1S/C43H30N4/c1-43(2)33-22-12-9-20-31(33)38-39(27-15-5-3-6-16-27)44-42(45-41(38)43)47-34-23-13-10-19-29(34)30-25-26-36-37(40(30)47)32-21-11-14-24-35(32)46(36)28-17-7-4-8-18-28/h3-26H,1-2H3. The molecule has 3 aromatic heterocycles. The second-order valence-corrected chi connectivity index (χ2v) is 13.0. The van der Waals surface area contributed by atoms with E-state index in [2.05, 4.69) is 169 Å². The summed E-state index contributed by atoms with van der Waals surface area (Å²) in [6.45, 7) is 4.58. The summed E-state index contributed by atoms with van der Waals surface area (Å²) >= 11 is 0. The van der Waals surface area contributed by atoms with Crippen molar-refractivity contribution in [3.05, 3.63) is 157 Å². The van der Waals surface area contributed by atoms with Crippen LogP contribution in [0.1, 0.15) is 25.1 Å². The molecule has 0 atom stereocenters. The molecular weight excluding hydrogens is 573 g/mol. The maximum atomic E-state index is 5.55. The minimum atomic E-state index is -0.287. The minimum absolute atomic E-state index is 0.287. The van der Waals surface area contributed by atoms with Gasteiger partial charge in [-0.3, -0.25) is 4.57 Å². The van der Waals surface area contributed by atoms with Gasteiger partial charge in [0.25, 0.3) is 0 Å². The lowest BCUT2D eigenvalue weighted by atomic mass is 9.85. The van der Waals surface area contributed by atoms with E-state index in [9.17, 15) is 0 Å². The molecule has 6 aromatic carbocycles. The smallest absolute Gasteiger partial charge is 0.235 e. The zero-order valence-electron chi connectivity index (χ0n) is 26.1. The van der Waals surface area contributed by atoms with Gasteiger partial charge >= 0.3 is 0 Å². The highest BCUT2D eigenvalue weighted by Crippen LogP contribution is 2.51. The third-order valence-electron chi connectivity index (χ3n) is 10.1. The molecule has 9 aromatic rings. The van der Waals surface area contributed by atoms with Crippen LogP contribution < -0.4 is 0 Å². The Balaban J connectivity index is 1.39. The quantitative estimate of drug-likeness (QED) is 0.202. The summed E-state index contributed by atoms with van der Waals surface area (Å²) < 4.78 is 4.70. The molecule has 3 heterocycles. The van der Waals surface area contributed by atoms with Crippen molar-refractivity contribution in [2.75, 3.05) is 0 Å². The molecule has 1 aliphatic carbocycles. The molecule has 0 aliphatic heterocycles. The van der Waals surface area contributed by atoms with Crippen LogP contribution in [0.2, 0.25) is 0 Å². The molecule has 0 saturated heterocycles. The van der Waals surface area contributed by atoms with E-state index < -0.39 is 0 Å². The minimum Gasteiger partial charge on any atom is -0.309 e. The Morgan fingerprint density at radius 1 is 0.511 bits per heavy atom. The van der Waals surface area contributed by atoms with E-state index in [-0.39, 0.29) is 5.41 Å². The lowest BCUT2D eigenvalue weighted by molar-refractivity contribution is 0.632. The van der Waals surface area contributed by atoms with Crippen molar-refractivity contribution in [2.24, 2.45) is 0 Å². The topological polar surface area (TPSA) is 35.6 Å². The number of rotatable bonds is 3. The van der Waals surface area contributed by atoms with Crippen molar-refractivity contribution in [3.8, 4) is 34.0 Å². The third kappa shape index (κ3) is 3.53. The molecule has 47 heavy (non-hydrogen) atoms. The Bertz CT molecular complexity index is 2700. The molecule has 222 valence electrons. The fraction of sp³-hybridized carbons (Fsp3) is 0.0698. The second-order valence-electron chi connectivity index (χ2n) is 13.0. The number of hydrogen-bond acceptors (Lipinski definition) is 2. The Labute approximate surface area is 272 Å². The largest absolute Gasteiger partial charge is 0.309 e. The summed E-state index contributed by atoms with van der Waals surface area (Å²) in [4.78, 5) is 11.1. The van der Waals surface area contributed by atoms with Gasteiger partial charge < -0.3 is 4.57 Å². The van der Waals surface area contributed by atoms with Crippen LogP contribution in [0.5, 0.6) is 0 Å². The summed E-state index contributed by atoms with van der Waals surface area (Å²) in [6.07, 6.45) is 0. The molecule has 4 heteroatoms. The monoisotopic (exact) mass is 602 g/mol. The number of nitrogens with zero attached hydrogens (tertiary/aromatic N) is 4. The van der Waals surface area contributed by atoms with Crippen LogP contribution in [0, 0.1) is 0 Å². The van der Waals surface area contributed by atoms with Gasteiger partial charge in [0.05, 0.1) is 33.5 Å². The first kappa shape index (κ1) is 26.2. The molecule has 0 N–H and O–H groups in total. The highest BCUT2D eigenvalue weighted by Gasteiger charge is 2.40. The molecular formula is C43H30N4. The summed E-state index contributed by atoms with van der Waals surface area (Å²) in [7, 11) is 0. The van der Waals surface area contributed by atoms with E-state index in [4.69, 9.17) is 9.97 Å². The molecule has 0 spiro atoms. The van der Waals surface area contributed by atoms with Crippen LogP contribution in [-0.2, 0) is 5.41 Å². The van der Waals surface area contributed by atoms with Crippen molar-refractivity contribution < 1.29 is 0 Å². The highest BCUT2D eigenvalue weighted by molar-refractivity contribution is 6.26. The van der Waals surface area contributed by atoms with Crippen LogP contribution >= 0.6 is 0 Å². The molecule has 10 rings (SSSR count). The summed E-state index contributed by atoms with van der Waals surface area (Å²) in [5, 5.41) is 4.79. The van der Waals surface area contributed by atoms with Crippen LogP contribution in [0.4, 0.5) is 0 Å². The van der Waals surface area contributed by atoms with Gasteiger partial charge in [0, 0.05) is 43.8 Å². The lowest BCUT2D eigenvalue weighted by Crippen LogP contribution is -2.18. The molecule has 0 amide bonds. The number of para-hydroxylation sites is 3. The summed E-state index contributed by atoms with van der Waals surface area (Å²) in [5.74, 6) is 0.693. The predicted octanol–water partition coefficient (Wildman–Crippen LogP) is 10.6. The number of fused-ring (bicyclic) bond motifs is 10. The van der Waals surface area contributed by atoms with E-state index in [1.807, 2.05) is 0 Å². The number of hydrogen-bond donors (Lipinski definition) is 0. The van der Waals surface area contributed by atoms with Crippen LogP contribution in [0.25, 0.3) is 77.6 Å². The molecule has 4 nitrogen and oxygen atoms in total. The molecule has 0 fully saturated rings. The Morgan fingerprint density at radius 3 is 1.94 bits per heavy atom. The van der Waals surface area contributed by atoms with E-state index in [1.165, 1.54) is 38.2 Å². The maximum absolute atomic E-state index is 5.55. The van der Waals surface area contributed by atoms with E-state index in [1.54, 1.807) is 0 Å². The second kappa shape index (κ2) is 9.51. The number of benzene rings is 6. The van der Waals surface area contributed by atoms with Gasteiger partial charge in [-0.25, -0.2) is 9.97 Å². The van der Waals surface area contributed by atoms with Crippen molar-refractivity contribution in [1.82, 2.24) is 19.1 Å². The normalized spacial score (nSPS) is 13.5. The van der Waals surface area contributed by atoms with Crippen LogP contribution in [0.15, 0.2) is 146 Å². The first-order valence-corrected chi connectivity index (χ1v) is 16.2. The van der Waals surface area contributed by atoms with Gasteiger partial charge in [-0.1, -0.05) is 129 Å². The zero-order chi connectivity index (χ0) is 31.3. The first-order valence-electron chi connectivity index (χ1n) is 16.2. The summed E-state index contributed by atoms with van der Waals surface area (Å²) in [5.41, 5.74) is 12.2. The van der Waals surface area contributed by atoms with Gasteiger partial charge in [0.15, 0.2) is 0 Å². The van der Waals surface area contributed by atoms with Crippen LogP contribution in [0.3, 0.4) is 0 Å². The van der Waals surface area contributed by atoms with E-state index >= 15 is 0 Å². The van der Waals surface area contributed by atoms with Crippen LogP contribution in [-0.4, -0.2) is 19.1 Å². The zero-order valence-corrected chi connectivity index (χ0v) is 26.1. The van der Waals surface area contributed by atoms with Gasteiger partial charge in [-0.2, -0.15) is 0 Å². The maximum Gasteiger partial charge on any atom is 0.235 e. The summed E-state index contributed by atoms with van der Waals surface area (Å²) in [6, 6.07) is 51.9. The van der Waals surface area contributed by atoms with Gasteiger partial charge in [0.2, 0.25) is 5.95 Å². The molecule has 1 aliphatic rings. The average molecular weight is 603 g/mol. The SMILES string of the molecule is CC1(C)c2ccccc2-c2c(-c3ccccc3)nc(-n3c4ccccc4c4ccc5c(c6ccccc6n5-c5ccccc5)c43)nc21. The van der Waals surface area contributed by atoms with Crippen molar-refractivity contribution in [1.29, 1.82) is 0 Å². The van der Waals surface area contributed by atoms with Crippen molar-refractivity contribution in [3.63, 3.8) is 0 Å². The highest BCUT2D eigenvalue weighted by atomic mass is 15.2. The van der Waals surface area contributed by atoms with Gasteiger partial charge in [-0.15, -0.1) is 0 Å². The third-order valence-corrected chi connectivity index (χ3v) is 10.1. The van der Waals surface area contributed by atoms with Crippen molar-refractivity contribution in [2.45, 2.75) is 19.3 Å². The van der Waals surface area contributed by atoms with Crippen molar-refractivity contribution >= 4 is 43.6 Å². The van der Waals surface area contributed by atoms with E-state index in [0.717, 1.165) is 44.8 Å². The molecule has 0 saturated carbocycles. The average Bonchev–Trinajstić information content (AvgIpc) is 3.72. The Kier molecular flexibility index (Phi) is 5.31. The molecule has 0 bridgehead atoms. The lowest BCUT2D eigenvalue weighted by Gasteiger charge is -2.21. The Morgan fingerprint density at radius 2 is 1.15 bits per heavy atom. The molecule has 0 radical (unpaired) electrons. The van der Waals surface area contributed by atoms with Gasteiger partial charge in [-0.05, 0) is 41.5 Å². The van der Waals surface area contributed by atoms with E-state index in [0.29, 0.717) is 5.95 Å².